The van der Waals surface area contributed by atoms with Crippen molar-refractivity contribution < 1.29 is 14.8 Å². The number of pyridine rings is 1. The molecule has 0 aliphatic heterocycles. The highest BCUT2D eigenvalue weighted by Gasteiger charge is 2.22. The van der Waals surface area contributed by atoms with Crippen LogP contribution in [0.15, 0.2) is 23.0 Å². The monoisotopic (exact) mass is 324 g/mol. The predicted molar refractivity (Wildman–Crippen MR) is 87.3 cm³/mol. The Hall–Kier alpha value is -3.27. The van der Waals surface area contributed by atoms with Gasteiger partial charge in [-0.1, -0.05) is 12.1 Å². The maximum absolute atomic E-state index is 11.9. The van der Waals surface area contributed by atoms with Crippen molar-refractivity contribution in [3.63, 3.8) is 0 Å². The van der Waals surface area contributed by atoms with Crippen LogP contribution in [-0.4, -0.2) is 28.8 Å². The fourth-order valence-electron chi connectivity index (χ4n) is 2.32. The third kappa shape index (κ3) is 2.94. The van der Waals surface area contributed by atoms with E-state index in [1.54, 1.807) is 13.0 Å². The Bertz CT molecular complexity index is 925. The molecule has 5 N–H and O–H groups in total. The molecule has 0 aliphatic rings. The van der Waals surface area contributed by atoms with Crippen molar-refractivity contribution in [3.05, 3.63) is 39.7 Å². The van der Waals surface area contributed by atoms with E-state index in [0.717, 1.165) is 0 Å². The van der Waals surface area contributed by atoms with Crippen LogP contribution in [0.2, 0.25) is 0 Å². The predicted octanol–water partition coefficient (Wildman–Crippen LogP) is -0.554. The molecule has 0 amide bonds. The zero-order chi connectivity index (χ0) is 17.9. The topological polar surface area (TPSA) is 156 Å². The van der Waals surface area contributed by atoms with Crippen LogP contribution in [0.25, 0.3) is 11.1 Å². The maximum atomic E-state index is 11.9. The molecule has 0 spiro atoms. The number of nitrogen functional groups attached to an aromatic ring is 1. The van der Waals surface area contributed by atoms with Crippen LogP contribution in [0.3, 0.4) is 0 Å². The molecule has 2 rings (SSSR count). The first-order valence-electron chi connectivity index (χ1n) is 6.93. The third-order valence-electron chi connectivity index (χ3n) is 3.34. The average molecular weight is 324 g/mol. The van der Waals surface area contributed by atoms with Crippen LogP contribution >= 0.6 is 0 Å². The summed E-state index contributed by atoms with van der Waals surface area (Å²) in [6.07, 6.45) is 0. The summed E-state index contributed by atoms with van der Waals surface area (Å²) in [7, 11) is -1.83. The van der Waals surface area contributed by atoms with E-state index in [1.807, 2.05) is 6.07 Å². The van der Waals surface area contributed by atoms with Gasteiger partial charge in [0.05, 0.1) is 6.61 Å². The first kappa shape index (κ1) is 17.1. The van der Waals surface area contributed by atoms with Gasteiger partial charge in [0.15, 0.2) is 0 Å². The maximum Gasteiger partial charge on any atom is 0.492 e. The van der Waals surface area contributed by atoms with Crippen LogP contribution in [0.5, 0.6) is 5.75 Å². The Labute approximate surface area is 137 Å². The summed E-state index contributed by atoms with van der Waals surface area (Å²) >= 11 is 0. The molecule has 9 heteroatoms. The van der Waals surface area contributed by atoms with E-state index >= 15 is 0 Å². The first-order chi connectivity index (χ1) is 11.4. The van der Waals surface area contributed by atoms with Crippen molar-refractivity contribution in [2.24, 2.45) is 0 Å². The Balaban J connectivity index is 2.83. The van der Waals surface area contributed by atoms with E-state index in [0.29, 0.717) is 6.61 Å². The quantitative estimate of drug-likeness (QED) is 0.549. The van der Waals surface area contributed by atoms with Crippen molar-refractivity contribution in [2.75, 3.05) is 12.3 Å². The first-order valence-corrected chi connectivity index (χ1v) is 6.93. The molecule has 8 nitrogen and oxygen atoms in total. The van der Waals surface area contributed by atoms with Gasteiger partial charge in [-0.3, -0.25) is 4.79 Å². The number of hydrogen-bond acceptors (Lipinski definition) is 7. The molecule has 2 aromatic rings. The number of ether oxygens (including phenoxy) is 1. The number of rotatable bonds is 4. The van der Waals surface area contributed by atoms with Gasteiger partial charge in [-0.05, 0) is 18.6 Å². The van der Waals surface area contributed by atoms with Crippen molar-refractivity contribution in [1.29, 1.82) is 10.5 Å². The molecule has 1 aromatic heterocycles. The van der Waals surface area contributed by atoms with Gasteiger partial charge in [0.2, 0.25) is 0 Å². The molecular weight excluding hydrogens is 311 g/mol. The van der Waals surface area contributed by atoms with E-state index in [2.05, 4.69) is 4.98 Å². The molecule has 0 saturated carbocycles. The van der Waals surface area contributed by atoms with Crippen molar-refractivity contribution in [1.82, 2.24) is 4.98 Å². The molecule has 0 radical (unpaired) electrons. The molecule has 0 saturated heterocycles. The molecule has 120 valence electrons. The number of nitriles is 2. The van der Waals surface area contributed by atoms with Gasteiger partial charge in [-0.2, -0.15) is 10.5 Å². The second kappa shape index (κ2) is 6.88. The minimum Gasteiger partial charge on any atom is -0.494 e. The van der Waals surface area contributed by atoms with Gasteiger partial charge >= 0.3 is 7.12 Å². The van der Waals surface area contributed by atoms with Gasteiger partial charge < -0.3 is 25.5 Å². The molecule has 0 unspecified atom stereocenters. The standard InChI is InChI=1S/C15H13BN4O4/c1-2-24-12-4-3-8(5-11(12)16(22)23)13-9(6-17)14(19)20-15(21)10(13)7-18/h3-5,22-23H,2H2,1H3,(H3,19,20,21). The van der Waals surface area contributed by atoms with Crippen LogP contribution in [-0.2, 0) is 0 Å². The number of benzene rings is 1. The highest BCUT2D eigenvalue weighted by Crippen LogP contribution is 2.28. The molecule has 0 bridgehead atoms. The van der Waals surface area contributed by atoms with E-state index in [1.165, 1.54) is 18.2 Å². The number of aromatic amines is 1. The SMILES string of the molecule is CCOc1ccc(-c2c(C#N)c(N)[nH]c(=O)c2C#N)cc1B(O)O. The van der Waals surface area contributed by atoms with Crippen molar-refractivity contribution in [2.45, 2.75) is 6.92 Å². The second-order valence-corrected chi connectivity index (χ2v) is 4.78. The van der Waals surface area contributed by atoms with E-state index in [9.17, 15) is 25.4 Å². The lowest BCUT2D eigenvalue weighted by Crippen LogP contribution is -2.31. The molecule has 0 fully saturated rings. The lowest BCUT2D eigenvalue weighted by molar-refractivity contribution is 0.340. The highest BCUT2D eigenvalue weighted by atomic mass is 16.5. The second-order valence-electron chi connectivity index (χ2n) is 4.78. The third-order valence-corrected chi connectivity index (χ3v) is 3.34. The van der Waals surface area contributed by atoms with Crippen LogP contribution in [0.1, 0.15) is 18.1 Å². The number of H-pyrrole nitrogens is 1. The number of anilines is 1. The zero-order valence-corrected chi connectivity index (χ0v) is 12.7. The summed E-state index contributed by atoms with van der Waals surface area (Å²) in [6.45, 7) is 2.05. The van der Waals surface area contributed by atoms with E-state index < -0.39 is 12.7 Å². The minimum atomic E-state index is -1.83. The summed E-state index contributed by atoms with van der Waals surface area (Å²) in [6, 6.07) is 7.91. The molecule has 24 heavy (non-hydrogen) atoms. The lowest BCUT2D eigenvalue weighted by Gasteiger charge is -2.13. The van der Waals surface area contributed by atoms with Gasteiger partial charge in [0, 0.05) is 11.0 Å². The lowest BCUT2D eigenvalue weighted by atomic mass is 9.77. The highest BCUT2D eigenvalue weighted by molar-refractivity contribution is 6.59. The largest absolute Gasteiger partial charge is 0.494 e. The van der Waals surface area contributed by atoms with Crippen LogP contribution in [0, 0.1) is 22.7 Å². The number of aromatic nitrogens is 1. The Morgan fingerprint density at radius 3 is 2.50 bits per heavy atom. The molecular formula is C15H13BN4O4. The van der Waals surface area contributed by atoms with Crippen molar-refractivity contribution in [3.8, 4) is 29.0 Å². The Kier molecular flexibility index (Phi) is 4.90. The smallest absolute Gasteiger partial charge is 0.492 e. The summed E-state index contributed by atoms with van der Waals surface area (Å²) in [5, 5.41) is 37.6. The van der Waals surface area contributed by atoms with Gasteiger partial charge in [-0.15, -0.1) is 0 Å². The Morgan fingerprint density at radius 1 is 1.29 bits per heavy atom. The molecule has 0 aliphatic carbocycles. The van der Waals surface area contributed by atoms with Gasteiger partial charge in [-0.25, -0.2) is 0 Å². The van der Waals surface area contributed by atoms with Gasteiger partial charge in [0.1, 0.15) is 34.8 Å². The van der Waals surface area contributed by atoms with E-state index in [-0.39, 0.29) is 39.3 Å². The summed E-state index contributed by atoms with van der Waals surface area (Å²) < 4.78 is 5.31. The minimum absolute atomic E-state index is 0.0335. The van der Waals surface area contributed by atoms with Crippen molar-refractivity contribution >= 4 is 18.4 Å². The number of hydrogen-bond donors (Lipinski definition) is 4. The average Bonchev–Trinajstić information content (AvgIpc) is 2.54. The summed E-state index contributed by atoms with van der Waals surface area (Å²) in [4.78, 5) is 14.2. The number of nitrogens with two attached hydrogens (primary N) is 1. The van der Waals surface area contributed by atoms with E-state index in [4.69, 9.17) is 10.5 Å². The fraction of sp³-hybridized carbons (Fsp3) is 0.133. The Morgan fingerprint density at radius 2 is 1.96 bits per heavy atom. The normalized spacial score (nSPS) is 9.88. The molecule has 1 aromatic carbocycles. The number of nitrogens with zero attached hydrogens (tertiary/aromatic N) is 2. The molecule has 1 heterocycles. The summed E-state index contributed by atoms with van der Waals surface area (Å²) in [5.74, 6) is 0.0718. The summed E-state index contributed by atoms with van der Waals surface area (Å²) in [5.41, 5.74) is 4.91. The van der Waals surface area contributed by atoms with Crippen LogP contribution in [0.4, 0.5) is 5.82 Å². The zero-order valence-electron chi connectivity index (χ0n) is 12.7. The number of nitrogens with one attached hydrogen (secondary N) is 1. The molecule has 0 atom stereocenters. The van der Waals surface area contributed by atoms with Gasteiger partial charge in [0.25, 0.3) is 5.56 Å². The fourth-order valence-corrected chi connectivity index (χ4v) is 2.32. The van der Waals surface area contributed by atoms with Crippen LogP contribution < -0.4 is 21.5 Å².